The molecule has 0 aliphatic heterocycles. The van der Waals surface area contributed by atoms with Gasteiger partial charge in [-0.25, -0.2) is 0 Å². The van der Waals surface area contributed by atoms with E-state index < -0.39 is 0 Å². The van der Waals surface area contributed by atoms with Crippen LogP contribution in [-0.2, 0) is 0 Å². The van der Waals surface area contributed by atoms with Crippen molar-refractivity contribution in [2.24, 2.45) is 11.8 Å². The molecule has 3 saturated carbocycles. The van der Waals surface area contributed by atoms with Crippen molar-refractivity contribution in [3.63, 3.8) is 0 Å². The van der Waals surface area contributed by atoms with Crippen LogP contribution in [0.2, 0.25) is 0 Å². The third-order valence-corrected chi connectivity index (χ3v) is 7.20. The van der Waals surface area contributed by atoms with E-state index in [9.17, 15) is 0 Å². The van der Waals surface area contributed by atoms with Crippen LogP contribution in [0.15, 0.2) is 10.9 Å². The summed E-state index contributed by atoms with van der Waals surface area (Å²) in [7, 11) is 1.18. The van der Waals surface area contributed by atoms with Crippen LogP contribution < -0.4 is 0 Å². The third-order valence-electron chi connectivity index (χ3n) is 5.48. The van der Waals surface area contributed by atoms with Gasteiger partial charge in [0.1, 0.15) is 0 Å². The van der Waals surface area contributed by atoms with Crippen molar-refractivity contribution in [3.8, 4) is 0 Å². The molecule has 0 heterocycles. The average Bonchev–Trinajstić information content (AvgIpc) is 3.24. The lowest BCUT2D eigenvalue weighted by molar-refractivity contribution is 0.199. The molecule has 0 aromatic rings. The Bertz CT molecular complexity index is 306. The minimum Gasteiger partial charge on any atom is -0.0920 e. The van der Waals surface area contributed by atoms with Crippen molar-refractivity contribution in [2.45, 2.75) is 83.2 Å². The molecule has 0 aromatic heterocycles. The Morgan fingerprint density at radius 2 is 1.61 bits per heavy atom. The van der Waals surface area contributed by atoms with Gasteiger partial charge in [-0.2, -0.15) is 0 Å². The molecule has 0 nitrogen and oxygen atoms in total. The third kappa shape index (κ3) is 3.38. The first-order chi connectivity index (χ1) is 8.83. The molecule has 3 unspecified atom stereocenters. The van der Waals surface area contributed by atoms with Crippen molar-refractivity contribution in [3.05, 3.63) is 10.9 Å². The maximum atomic E-state index is 2.42. The normalized spacial score (nSPS) is 34.2. The molecule has 102 valence electrons. The highest BCUT2D eigenvalue weighted by Gasteiger charge is 2.29. The van der Waals surface area contributed by atoms with Crippen LogP contribution in [0.25, 0.3) is 0 Å². The van der Waals surface area contributed by atoms with Crippen LogP contribution in [0.3, 0.4) is 0 Å². The van der Waals surface area contributed by atoms with Gasteiger partial charge in [-0.3, -0.25) is 0 Å². The monoisotopic (exact) mass is 264 g/mol. The molecule has 0 amide bonds. The van der Waals surface area contributed by atoms with E-state index in [1.54, 1.807) is 31.0 Å². The van der Waals surface area contributed by atoms with Gasteiger partial charge in [0.05, 0.1) is 0 Å². The van der Waals surface area contributed by atoms with Crippen LogP contribution in [0, 0.1) is 11.8 Å². The molecule has 3 aliphatic carbocycles. The van der Waals surface area contributed by atoms with E-state index in [0.717, 1.165) is 17.5 Å². The van der Waals surface area contributed by atoms with Crippen LogP contribution in [0.5, 0.6) is 0 Å². The molecule has 3 fully saturated rings. The van der Waals surface area contributed by atoms with E-state index in [1.807, 2.05) is 5.57 Å². The maximum absolute atomic E-state index is 2.42. The van der Waals surface area contributed by atoms with E-state index in [4.69, 9.17) is 0 Å². The average molecular weight is 264 g/mol. The largest absolute Gasteiger partial charge is 0.0920 e. The quantitative estimate of drug-likeness (QED) is 0.559. The van der Waals surface area contributed by atoms with Gasteiger partial charge >= 0.3 is 0 Å². The first-order valence-corrected chi connectivity index (χ1v) is 9.36. The van der Waals surface area contributed by atoms with Crippen LogP contribution in [0.1, 0.15) is 77.6 Å². The highest BCUT2D eigenvalue weighted by atomic mass is 31.1. The Hall–Kier alpha value is 0.170. The molecule has 0 radical (unpaired) electrons. The van der Waals surface area contributed by atoms with E-state index in [-0.39, 0.29) is 0 Å². The fourth-order valence-electron chi connectivity index (χ4n) is 4.24. The second-order valence-electron chi connectivity index (χ2n) is 6.89. The van der Waals surface area contributed by atoms with Gasteiger partial charge in [0.15, 0.2) is 0 Å². The molecule has 0 spiro atoms. The van der Waals surface area contributed by atoms with E-state index in [0.29, 0.717) is 0 Å². The van der Waals surface area contributed by atoms with E-state index in [1.165, 1.54) is 53.5 Å². The van der Waals surface area contributed by atoms with Crippen LogP contribution >= 0.6 is 8.58 Å². The van der Waals surface area contributed by atoms with E-state index >= 15 is 0 Å². The summed E-state index contributed by atoms with van der Waals surface area (Å²) in [5, 5.41) is 1.80. The van der Waals surface area contributed by atoms with Gasteiger partial charge < -0.3 is 0 Å². The van der Waals surface area contributed by atoms with Gasteiger partial charge in [-0.05, 0) is 50.1 Å². The fraction of sp³-hybridized carbons (Fsp3) is 0.882. The van der Waals surface area contributed by atoms with Crippen LogP contribution in [0.4, 0.5) is 0 Å². The summed E-state index contributed by atoms with van der Waals surface area (Å²) in [5.74, 6) is 2.22. The zero-order valence-electron chi connectivity index (χ0n) is 12.0. The molecular weight excluding hydrogens is 235 g/mol. The first-order valence-electron chi connectivity index (χ1n) is 8.28. The Balaban J connectivity index is 1.52. The highest BCUT2D eigenvalue weighted by Crippen LogP contribution is 2.48. The Morgan fingerprint density at radius 3 is 2.33 bits per heavy atom. The van der Waals surface area contributed by atoms with Gasteiger partial charge in [-0.15, -0.1) is 0 Å². The van der Waals surface area contributed by atoms with Gasteiger partial charge in [0.2, 0.25) is 0 Å². The summed E-state index contributed by atoms with van der Waals surface area (Å²) in [6.07, 6.45) is 16.7. The second kappa shape index (κ2) is 6.08. The molecule has 3 atom stereocenters. The number of rotatable bonds is 3. The topological polar surface area (TPSA) is 0 Å². The van der Waals surface area contributed by atoms with Gasteiger partial charge in [-0.1, -0.05) is 64.4 Å². The van der Waals surface area contributed by atoms with Crippen molar-refractivity contribution in [2.75, 3.05) is 0 Å². The summed E-state index contributed by atoms with van der Waals surface area (Å²) in [6.45, 7) is 2.42. The van der Waals surface area contributed by atoms with Gasteiger partial charge in [0, 0.05) is 0 Å². The summed E-state index contributed by atoms with van der Waals surface area (Å²) in [4.78, 5) is 0. The molecule has 0 aromatic carbocycles. The summed E-state index contributed by atoms with van der Waals surface area (Å²) >= 11 is 0. The molecule has 1 heteroatoms. The molecule has 0 saturated heterocycles. The Kier molecular flexibility index (Phi) is 4.45. The molecule has 0 bridgehead atoms. The SMILES string of the molecule is CC(PC1CCCC(C2CCCCC2)C1)=C1CC1. The van der Waals surface area contributed by atoms with Crippen molar-refractivity contribution in [1.29, 1.82) is 0 Å². The predicted molar refractivity (Wildman–Crippen MR) is 82.6 cm³/mol. The first kappa shape index (κ1) is 13.2. The molecule has 3 aliphatic rings. The molecule has 3 rings (SSSR count). The lowest BCUT2D eigenvalue weighted by Crippen LogP contribution is -2.25. The van der Waals surface area contributed by atoms with Crippen LogP contribution in [-0.4, -0.2) is 5.66 Å². The summed E-state index contributed by atoms with van der Waals surface area (Å²) < 4.78 is 0. The van der Waals surface area contributed by atoms with Crippen molar-refractivity contribution in [1.82, 2.24) is 0 Å². The van der Waals surface area contributed by atoms with E-state index in [2.05, 4.69) is 6.92 Å². The summed E-state index contributed by atoms with van der Waals surface area (Å²) in [6, 6.07) is 0. The molecule has 18 heavy (non-hydrogen) atoms. The molecular formula is C17H29P. The maximum Gasteiger partial charge on any atom is -0.0197 e. The minimum atomic E-state index is 1.07. The van der Waals surface area contributed by atoms with Crippen molar-refractivity contribution >= 4 is 8.58 Å². The molecule has 0 N–H and O–H groups in total. The van der Waals surface area contributed by atoms with Gasteiger partial charge in [0.25, 0.3) is 0 Å². The zero-order valence-corrected chi connectivity index (χ0v) is 13.0. The summed E-state index contributed by atoms with van der Waals surface area (Å²) in [5.41, 5.74) is 2.88. The fourth-order valence-corrected chi connectivity index (χ4v) is 6.07. The smallest absolute Gasteiger partial charge is 0.0197 e. The predicted octanol–water partition coefficient (Wildman–Crippen LogP) is 5.87. The number of hydrogen-bond acceptors (Lipinski definition) is 0. The lowest BCUT2D eigenvalue weighted by Gasteiger charge is -2.36. The second-order valence-corrected chi connectivity index (χ2v) is 8.75. The Morgan fingerprint density at radius 1 is 0.889 bits per heavy atom. The number of allylic oxidation sites excluding steroid dienone is 2. The lowest BCUT2D eigenvalue weighted by atomic mass is 9.73. The highest BCUT2D eigenvalue weighted by molar-refractivity contribution is 7.43. The minimum absolute atomic E-state index is 1.07. The number of hydrogen-bond donors (Lipinski definition) is 0. The Labute approximate surface area is 115 Å². The standard InChI is InChI=1S/C17H29P/c1-13(14-10-11-14)18-17-9-5-8-16(12-17)15-6-3-2-4-7-15/h15-18H,2-12H2,1H3. The zero-order chi connectivity index (χ0) is 12.4. The van der Waals surface area contributed by atoms with Crippen molar-refractivity contribution < 1.29 is 0 Å².